The highest BCUT2D eigenvalue weighted by molar-refractivity contribution is 5.94. The topological polar surface area (TPSA) is 103 Å². The van der Waals surface area contributed by atoms with E-state index in [-0.39, 0.29) is 18.4 Å². The number of hydrogen-bond donors (Lipinski definition) is 2. The molecule has 8 heteroatoms. The Bertz CT molecular complexity index is 559. The van der Waals surface area contributed by atoms with Crippen molar-refractivity contribution < 1.29 is 28.6 Å². The highest BCUT2D eigenvalue weighted by atomic mass is 16.7. The Morgan fingerprint density at radius 2 is 1.72 bits per heavy atom. The fraction of sp³-hybridized carbons (Fsp3) is 0.471. The van der Waals surface area contributed by atoms with Crippen LogP contribution in [0.15, 0.2) is 24.3 Å². The molecule has 0 saturated carbocycles. The molecule has 2 N–H and O–H groups in total. The van der Waals surface area contributed by atoms with Crippen molar-refractivity contribution in [1.82, 2.24) is 10.6 Å². The van der Waals surface area contributed by atoms with Gasteiger partial charge in [-0.25, -0.2) is 4.79 Å². The van der Waals surface area contributed by atoms with Gasteiger partial charge in [-0.3, -0.25) is 9.59 Å². The molecule has 25 heavy (non-hydrogen) atoms. The van der Waals surface area contributed by atoms with Crippen LogP contribution in [0.4, 0.5) is 4.79 Å². The highest BCUT2D eigenvalue weighted by Crippen LogP contribution is 2.12. The number of benzene rings is 1. The average molecular weight is 352 g/mol. The summed E-state index contributed by atoms with van der Waals surface area (Å²) >= 11 is 0. The second-order valence-corrected chi connectivity index (χ2v) is 5.01. The second kappa shape index (κ2) is 11.9. The van der Waals surface area contributed by atoms with E-state index in [9.17, 15) is 14.4 Å². The van der Waals surface area contributed by atoms with Crippen molar-refractivity contribution in [3.8, 4) is 5.75 Å². The molecule has 0 aliphatic heterocycles. The zero-order chi connectivity index (χ0) is 18.5. The average Bonchev–Trinajstić information content (AvgIpc) is 2.60. The lowest BCUT2D eigenvalue weighted by Crippen LogP contribution is -2.30. The predicted octanol–water partition coefficient (Wildman–Crippen LogP) is 1.49. The van der Waals surface area contributed by atoms with Gasteiger partial charge in [-0.15, -0.1) is 0 Å². The Morgan fingerprint density at radius 3 is 2.36 bits per heavy atom. The van der Waals surface area contributed by atoms with Crippen LogP contribution >= 0.6 is 0 Å². The third-order valence-corrected chi connectivity index (χ3v) is 3.07. The van der Waals surface area contributed by atoms with Crippen LogP contribution in [-0.4, -0.2) is 51.4 Å². The number of rotatable bonds is 10. The molecule has 0 aliphatic rings. The predicted molar refractivity (Wildman–Crippen MR) is 90.5 cm³/mol. The summed E-state index contributed by atoms with van der Waals surface area (Å²) < 4.78 is 14.4. The normalized spacial score (nSPS) is 10.0. The molecule has 0 fully saturated rings. The molecule has 0 heterocycles. The Kier molecular flexibility index (Phi) is 9.69. The Morgan fingerprint density at radius 1 is 1.04 bits per heavy atom. The van der Waals surface area contributed by atoms with Gasteiger partial charge >= 0.3 is 6.16 Å². The van der Waals surface area contributed by atoms with Crippen LogP contribution in [0.1, 0.15) is 30.1 Å². The van der Waals surface area contributed by atoms with Crippen LogP contribution in [0.5, 0.6) is 5.75 Å². The van der Waals surface area contributed by atoms with Crippen LogP contribution in [0.3, 0.4) is 0 Å². The maximum absolute atomic E-state index is 12.0. The molecule has 2 amide bonds. The van der Waals surface area contributed by atoms with E-state index >= 15 is 0 Å². The summed E-state index contributed by atoms with van der Waals surface area (Å²) in [5.74, 6) is -0.0208. The van der Waals surface area contributed by atoms with Crippen molar-refractivity contribution in [2.75, 3.05) is 33.4 Å². The second-order valence-electron chi connectivity index (χ2n) is 5.01. The van der Waals surface area contributed by atoms with Gasteiger partial charge in [-0.2, -0.15) is 0 Å². The van der Waals surface area contributed by atoms with Crippen LogP contribution in [0, 0.1) is 0 Å². The van der Waals surface area contributed by atoms with E-state index in [0.717, 1.165) is 0 Å². The summed E-state index contributed by atoms with van der Waals surface area (Å²) in [6.07, 6.45) is 0.157. The summed E-state index contributed by atoms with van der Waals surface area (Å²) in [6, 6.07) is 6.14. The van der Waals surface area contributed by atoms with Gasteiger partial charge in [0.05, 0.1) is 13.2 Å². The van der Waals surface area contributed by atoms with Gasteiger partial charge in [0, 0.05) is 32.2 Å². The molecule has 138 valence electrons. The van der Waals surface area contributed by atoms with Crippen molar-refractivity contribution in [1.29, 1.82) is 0 Å². The number of amides is 2. The van der Waals surface area contributed by atoms with Gasteiger partial charge in [-0.05, 0) is 37.6 Å². The minimum atomic E-state index is -0.785. The first-order valence-corrected chi connectivity index (χ1v) is 8.05. The summed E-state index contributed by atoms with van der Waals surface area (Å²) in [5.41, 5.74) is 0.445. The largest absolute Gasteiger partial charge is 0.513 e. The van der Waals surface area contributed by atoms with Crippen molar-refractivity contribution in [2.45, 2.75) is 19.8 Å². The lowest BCUT2D eigenvalue weighted by atomic mass is 10.2. The molecular formula is C17H24N2O6. The molecule has 0 aromatic heterocycles. The monoisotopic (exact) mass is 352 g/mol. The number of nitrogens with one attached hydrogen (secondary N) is 2. The van der Waals surface area contributed by atoms with Crippen LogP contribution < -0.4 is 15.4 Å². The van der Waals surface area contributed by atoms with Crippen LogP contribution in [-0.2, 0) is 14.3 Å². The molecule has 0 atom stereocenters. The highest BCUT2D eigenvalue weighted by Gasteiger charge is 2.08. The van der Waals surface area contributed by atoms with E-state index < -0.39 is 6.16 Å². The lowest BCUT2D eigenvalue weighted by Gasteiger charge is -2.08. The minimum absolute atomic E-state index is 0.0784. The van der Waals surface area contributed by atoms with Gasteiger partial charge in [0.15, 0.2) is 0 Å². The van der Waals surface area contributed by atoms with Crippen molar-refractivity contribution in [3.63, 3.8) is 0 Å². The third-order valence-electron chi connectivity index (χ3n) is 3.07. The SMILES string of the molecule is CCOC(=O)Oc1ccc(C(=O)NCCCNC(=O)CCOC)cc1. The molecule has 0 bridgehead atoms. The Hall–Kier alpha value is -2.61. The Labute approximate surface area is 146 Å². The first kappa shape index (κ1) is 20.4. The van der Waals surface area contributed by atoms with E-state index in [0.29, 0.717) is 43.9 Å². The molecule has 1 aromatic carbocycles. The number of methoxy groups -OCH3 is 1. The molecule has 0 radical (unpaired) electrons. The third kappa shape index (κ3) is 8.71. The van der Waals surface area contributed by atoms with E-state index in [1.807, 2.05) is 0 Å². The molecule has 8 nitrogen and oxygen atoms in total. The Balaban J connectivity index is 2.26. The van der Waals surface area contributed by atoms with E-state index in [1.54, 1.807) is 19.1 Å². The number of carbonyl (C=O) groups excluding carboxylic acids is 3. The standard InChI is InChI=1S/C17H24N2O6/c1-3-24-17(22)25-14-7-5-13(6-8-14)16(21)19-11-4-10-18-15(20)9-12-23-2/h5-8H,3-4,9-12H2,1-2H3,(H,18,20)(H,19,21). The van der Waals surface area contributed by atoms with Crippen LogP contribution in [0.2, 0.25) is 0 Å². The van der Waals surface area contributed by atoms with Crippen molar-refractivity contribution >= 4 is 18.0 Å². The molecule has 1 aromatic rings. The van der Waals surface area contributed by atoms with Gasteiger partial charge in [0.2, 0.25) is 5.91 Å². The zero-order valence-corrected chi connectivity index (χ0v) is 14.5. The molecule has 0 spiro atoms. The number of ether oxygens (including phenoxy) is 3. The van der Waals surface area contributed by atoms with Crippen LogP contribution in [0.25, 0.3) is 0 Å². The first-order chi connectivity index (χ1) is 12.1. The summed E-state index contributed by atoms with van der Waals surface area (Å²) in [5, 5.41) is 5.49. The number of carbonyl (C=O) groups is 3. The van der Waals surface area contributed by atoms with Crippen molar-refractivity contribution in [3.05, 3.63) is 29.8 Å². The van der Waals surface area contributed by atoms with Gasteiger partial charge in [-0.1, -0.05) is 0 Å². The molecule has 0 aliphatic carbocycles. The minimum Gasteiger partial charge on any atom is -0.434 e. The maximum atomic E-state index is 12.0. The van der Waals surface area contributed by atoms with E-state index in [1.165, 1.54) is 19.2 Å². The fourth-order valence-corrected chi connectivity index (χ4v) is 1.82. The van der Waals surface area contributed by atoms with Gasteiger partial charge < -0.3 is 24.8 Å². The first-order valence-electron chi connectivity index (χ1n) is 8.05. The van der Waals surface area contributed by atoms with Gasteiger partial charge in [0.25, 0.3) is 5.91 Å². The quantitative estimate of drug-likeness (QED) is 0.376. The molecule has 0 saturated heterocycles. The number of hydrogen-bond acceptors (Lipinski definition) is 6. The molecule has 0 unspecified atom stereocenters. The zero-order valence-electron chi connectivity index (χ0n) is 14.5. The smallest absolute Gasteiger partial charge is 0.434 e. The summed E-state index contributed by atoms with van der Waals surface area (Å²) in [4.78, 5) is 34.5. The van der Waals surface area contributed by atoms with E-state index in [4.69, 9.17) is 9.47 Å². The van der Waals surface area contributed by atoms with Gasteiger partial charge in [0.1, 0.15) is 5.75 Å². The van der Waals surface area contributed by atoms with Crippen molar-refractivity contribution in [2.24, 2.45) is 0 Å². The fourth-order valence-electron chi connectivity index (χ4n) is 1.82. The summed E-state index contributed by atoms with van der Waals surface area (Å²) in [6.45, 7) is 3.21. The summed E-state index contributed by atoms with van der Waals surface area (Å²) in [7, 11) is 1.54. The maximum Gasteiger partial charge on any atom is 0.513 e. The molecular weight excluding hydrogens is 328 g/mol. The lowest BCUT2D eigenvalue weighted by molar-refractivity contribution is -0.121. The molecule has 1 rings (SSSR count). The van der Waals surface area contributed by atoms with E-state index in [2.05, 4.69) is 15.4 Å².